The van der Waals surface area contributed by atoms with E-state index in [0.717, 1.165) is 58.1 Å². The van der Waals surface area contributed by atoms with E-state index in [-0.39, 0.29) is 5.60 Å². The minimum absolute atomic E-state index is 0.133. The zero-order valence-corrected chi connectivity index (χ0v) is 13.7. The molecular weight excluding hydrogens is 278 g/mol. The van der Waals surface area contributed by atoms with Crippen molar-refractivity contribution >= 4 is 0 Å². The van der Waals surface area contributed by atoms with Crippen LogP contribution in [-0.2, 0) is 16.0 Å². The van der Waals surface area contributed by atoms with Gasteiger partial charge in [-0.2, -0.15) is 0 Å². The highest BCUT2D eigenvalue weighted by Crippen LogP contribution is 2.33. The molecule has 1 spiro atoms. The number of hydrogen-bond acceptors (Lipinski definition) is 5. The standard InChI is InChI=1S/C17H27N3O2/c1-19(2)10-15-9-17(22-12-15)13-20(7-8-21-14-17)11-16-5-3-4-6-18-16/h3-6,15H,7-14H2,1-2H3/t15-,17+/m0/s1. The van der Waals surface area contributed by atoms with Crippen LogP contribution in [0.1, 0.15) is 12.1 Å². The summed E-state index contributed by atoms with van der Waals surface area (Å²) in [6.07, 6.45) is 2.95. The maximum Gasteiger partial charge on any atom is 0.104 e. The molecule has 0 radical (unpaired) electrons. The summed E-state index contributed by atoms with van der Waals surface area (Å²) in [6, 6.07) is 6.09. The molecule has 5 nitrogen and oxygen atoms in total. The fourth-order valence-electron chi connectivity index (χ4n) is 3.62. The van der Waals surface area contributed by atoms with E-state index in [1.165, 1.54) is 0 Å². The Hall–Kier alpha value is -1.01. The first-order valence-corrected chi connectivity index (χ1v) is 8.14. The van der Waals surface area contributed by atoms with Crippen molar-refractivity contribution in [3.8, 4) is 0 Å². The lowest BCUT2D eigenvalue weighted by Gasteiger charge is -2.31. The Morgan fingerprint density at radius 1 is 1.41 bits per heavy atom. The van der Waals surface area contributed by atoms with E-state index in [9.17, 15) is 0 Å². The van der Waals surface area contributed by atoms with Crippen molar-refractivity contribution in [3.63, 3.8) is 0 Å². The number of ether oxygens (including phenoxy) is 2. The molecule has 0 amide bonds. The number of nitrogens with zero attached hydrogens (tertiary/aromatic N) is 3. The maximum absolute atomic E-state index is 6.23. The summed E-state index contributed by atoms with van der Waals surface area (Å²) in [5, 5.41) is 0. The zero-order valence-electron chi connectivity index (χ0n) is 13.7. The van der Waals surface area contributed by atoms with Crippen LogP contribution >= 0.6 is 0 Å². The minimum atomic E-state index is -0.133. The van der Waals surface area contributed by atoms with Gasteiger partial charge in [0.1, 0.15) is 5.60 Å². The van der Waals surface area contributed by atoms with Gasteiger partial charge in [0.05, 0.1) is 25.5 Å². The Bertz CT molecular complexity index is 468. The monoisotopic (exact) mass is 305 g/mol. The summed E-state index contributed by atoms with van der Waals surface area (Å²) in [6.45, 7) is 6.17. The lowest BCUT2D eigenvalue weighted by molar-refractivity contribution is -0.0563. The molecule has 122 valence electrons. The van der Waals surface area contributed by atoms with E-state index >= 15 is 0 Å². The van der Waals surface area contributed by atoms with E-state index in [1.54, 1.807) is 0 Å². The maximum atomic E-state index is 6.23. The molecule has 2 atom stereocenters. The van der Waals surface area contributed by atoms with Crippen LogP contribution in [-0.4, -0.2) is 73.9 Å². The predicted molar refractivity (Wildman–Crippen MR) is 85.7 cm³/mol. The number of hydrogen-bond donors (Lipinski definition) is 0. The molecule has 2 aliphatic rings. The molecule has 5 heteroatoms. The Kier molecular flexibility index (Phi) is 5.08. The molecule has 0 N–H and O–H groups in total. The van der Waals surface area contributed by atoms with Crippen LogP contribution in [0, 0.1) is 5.92 Å². The van der Waals surface area contributed by atoms with Gasteiger partial charge in [-0.1, -0.05) is 6.07 Å². The predicted octanol–water partition coefficient (Wildman–Crippen LogP) is 1.25. The molecule has 0 saturated carbocycles. The molecule has 0 unspecified atom stereocenters. The van der Waals surface area contributed by atoms with Crippen molar-refractivity contribution in [2.24, 2.45) is 5.92 Å². The Morgan fingerprint density at radius 2 is 2.32 bits per heavy atom. The summed E-state index contributed by atoms with van der Waals surface area (Å²) in [5.74, 6) is 0.605. The third-order valence-corrected chi connectivity index (χ3v) is 4.45. The molecule has 22 heavy (non-hydrogen) atoms. The smallest absolute Gasteiger partial charge is 0.104 e. The average molecular weight is 305 g/mol. The van der Waals surface area contributed by atoms with Gasteiger partial charge in [-0.3, -0.25) is 9.88 Å². The van der Waals surface area contributed by atoms with Crippen LogP contribution in [0.25, 0.3) is 0 Å². The van der Waals surface area contributed by atoms with Gasteiger partial charge in [-0.25, -0.2) is 0 Å². The van der Waals surface area contributed by atoms with Crippen LogP contribution < -0.4 is 0 Å². The third kappa shape index (κ3) is 4.04. The highest BCUT2D eigenvalue weighted by Gasteiger charge is 2.43. The van der Waals surface area contributed by atoms with Crippen LogP contribution in [0.2, 0.25) is 0 Å². The SMILES string of the molecule is CN(C)C[C@H]1CO[C@]2(COCCN(Cc3ccccn3)C2)C1. The van der Waals surface area contributed by atoms with Crippen LogP contribution in [0.5, 0.6) is 0 Å². The van der Waals surface area contributed by atoms with Crippen LogP contribution in [0.15, 0.2) is 24.4 Å². The first kappa shape index (κ1) is 15.9. The Morgan fingerprint density at radius 3 is 3.09 bits per heavy atom. The van der Waals surface area contributed by atoms with Crippen molar-refractivity contribution in [1.29, 1.82) is 0 Å². The highest BCUT2D eigenvalue weighted by atomic mass is 16.5. The average Bonchev–Trinajstić information content (AvgIpc) is 2.75. The lowest BCUT2D eigenvalue weighted by atomic mass is 9.94. The van der Waals surface area contributed by atoms with Gasteiger partial charge in [0, 0.05) is 32.4 Å². The molecule has 2 saturated heterocycles. The summed E-state index contributed by atoms with van der Waals surface area (Å²) < 4.78 is 12.1. The second-order valence-electron chi connectivity index (χ2n) is 6.91. The van der Waals surface area contributed by atoms with Gasteiger partial charge in [0.15, 0.2) is 0 Å². The van der Waals surface area contributed by atoms with E-state index in [4.69, 9.17) is 9.47 Å². The van der Waals surface area contributed by atoms with E-state index in [1.807, 2.05) is 18.3 Å². The van der Waals surface area contributed by atoms with Gasteiger partial charge >= 0.3 is 0 Å². The molecule has 0 aliphatic carbocycles. The number of aromatic nitrogens is 1. The molecule has 1 aromatic rings. The molecule has 2 fully saturated rings. The normalized spacial score (nSPS) is 30.0. The van der Waals surface area contributed by atoms with Gasteiger partial charge in [0.25, 0.3) is 0 Å². The van der Waals surface area contributed by atoms with E-state index in [0.29, 0.717) is 5.92 Å². The van der Waals surface area contributed by atoms with Crippen molar-refractivity contribution in [3.05, 3.63) is 30.1 Å². The first-order chi connectivity index (χ1) is 10.7. The highest BCUT2D eigenvalue weighted by molar-refractivity contribution is 5.04. The molecule has 3 heterocycles. The lowest BCUT2D eigenvalue weighted by Crippen LogP contribution is -2.44. The van der Waals surface area contributed by atoms with Crippen molar-refractivity contribution in [2.75, 3.05) is 53.6 Å². The first-order valence-electron chi connectivity index (χ1n) is 8.14. The molecule has 2 aliphatic heterocycles. The fourth-order valence-corrected chi connectivity index (χ4v) is 3.62. The largest absolute Gasteiger partial charge is 0.377 e. The topological polar surface area (TPSA) is 37.8 Å². The van der Waals surface area contributed by atoms with Gasteiger partial charge < -0.3 is 14.4 Å². The quantitative estimate of drug-likeness (QED) is 0.837. The summed E-state index contributed by atoms with van der Waals surface area (Å²) >= 11 is 0. The second-order valence-corrected chi connectivity index (χ2v) is 6.91. The number of rotatable bonds is 4. The van der Waals surface area contributed by atoms with Crippen LogP contribution in [0.4, 0.5) is 0 Å². The molecule has 3 rings (SSSR count). The Labute approximate surface area is 133 Å². The van der Waals surface area contributed by atoms with Crippen molar-refractivity contribution in [2.45, 2.75) is 18.6 Å². The molecule has 0 bridgehead atoms. The van der Waals surface area contributed by atoms with Crippen molar-refractivity contribution < 1.29 is 9.47 Å². The third-order valence-electron chi connectivity index (χ3n) is 4.45. The second kappa shape index (κ2) is 7.04. The summed E-state index contributed by atoms with van der Waals surface area (Å²) in [5.41, 5.74) is 0.980. The Balaban J connectivity index is 1.63. The van der Waals surface area contributed by atoms with E-state index in [2.05, 4.69) is 34.9 Å². The summed E-state index contributed by atoms with van der Waals surface area (Å²) in [7, 11) is 4.25. The summed E-state index contributed by atoms with van der Waals surface area (Å²) in [4.78, 5) is 9.11. The minimum Gasteiger partial charge on any atom is -0.377 e. The zero-order chi connectivity index (χ0) is 15.4. The van der Waals surface area contributed by atoms with E-state index < -0.39 is 0 Å². The van der Waals surface area contributed by atoms with Crippen LogP contribution in [0.3, 0.4) is 0 Å². The van der Waals surface area contributed by atoms with Gasteiger partial charge in [0.2, 0.25) is 0 Å². The molecule has 1 aromatic heterocycles. The molecule has 0 aromatic carbocycles. The van der Waals surface area contributed by atoms with Gasteiger partial charge in [-0.05, 0) is 38.6 Å². The molecular formula is C17H27N3O2. The fraction of sp³-hybridized carbons (Fsp3) is 0.706. The van der Waals surface area contributed by atoms with Crippen molar-refractivity contribution in [1.82, 2.24) is 14.8 Å². The van der Waals surface area contributed by atoms with Gasteiger partial charge in [-0.15, -0.1) is 0 Å². The number of pyridine rings is 1.